The SMILES string of the molecule is CSCCC(C)N(C)Cc1ccc(B(O)O)cc1F. The van der Waals surface area contributed by atoms with Crippen LogP contribution in [0.4, 0.5) is 4.39 Å². The van der Waals surface area contributed by atoms with Gasteiger partial charge in [-0.3, -0.25) is 4.90 Å². The van der Waals surface area contributed by atoms with Gasteiger partial charge in [-0.2, -0.15) is 11.8 Å². The second-order valence-corrected chi connectivity index (χ2v) is 5.76. The fourth-order valence-corrected chi connectivity index (χ4v) is 2.36. The second-order valence-electron chi connectivity index (χ2n) is 4.77. The van der Waals surface area contributed by atoms with E-state index in [2.05, 4.69) is 18.1 Å². The molecule has 0 amide bonds. The lowest BCUT2D eigenvalue weighted by Gasteiger charge is -2.24. The van der Waals surface area contributed by atoms with Crippen LogP contribution in [0.25, 0.3) is 0 Å². The summed E-state index contributed by atoms with van der Waals surface area (Å²) in [7, 11) is 0.348. The van der Waals surface area contributed by atoms with Gasteiger partial charge in [0.25, 0.3) is 0 Å². The number of hydrogen-bond donors (Lipinski definition) is 2. The molecule has 0 heterocycles. The first-order valence-corrected chi connectivity index (χ1v) is 7.68. The molecule has 3 nitrogen and oxygen atoms in total. The molecule has 0 saturated heterocycles. The molecule has 0 aliphatic carbocycles. The summed E-state index contributed by atoms with van der Waals surface area (Å²) in [5, 5.41) is 18.0. The molecule has 0 radical (unpaired) electrons. The van der Waals surface area contributed by atoms with Gasteiger partial charge in [0.15, 0.2) is 0 Å². The number of thioether (sulfide) groups is 1. The predicted molar refractivity (Wildman–Crippen MR) is 80.2 cm³/mol. The number of hydrogen-bond acceptors (Lipinski definition) is 4. The number of nitrogens with zero attached hydrogens (tertiary/aromatic N) is 1. The van der Waals surface area contributed by atoms with Gasteiger partial charge in [0.1, 0.15) is 5.82 Å². The molecule has 1 rings (SSSR count). The third-order valence-corrected chi connectivity index (χ3v) is 3.93. The van der Waals surface area contributed by atoms with Gasteiger partial charge in [0.2, 0.25) is 0 Å². The van der Waals surface area contributed by atoms with Crippen LogP contribution >= 0.6 is 11.8 Å². The van der Waals surface area contributed by atoms with Gasteiger partial charge >= 0.3 is 7.12 Å². The van der Waals surface area contributed by atoms with E-state index in [1.807, 2.05) is 7.05 Å². The standard InChI is InChI=1S/C13H21BFNO2S/c1-10(6-7-19-3)16(2)9-11-4-5-12(14(17)18)8-13(11)15/h4-5,8,10,17-18H,6-7,9H2,1-3H3. The molecule has 0 aliphatic heterocycles. The zero-order chi connectivity index (χ0) is 14.4. The van der Waals surface area contributed by atoms with E-state index in [1.54, 1.807) is 23.9 Å². The molecule has 0 aromatic heterocycles. The van der Waals surface area contributed by atoms with Crippen LogP contribution in [0.2, 0.25) is 0 Å². The first kappa shape index (κ1) is 16.5. The van der Waals surface area contributed by atoms with Crippen molar-refractivity contribution in [3.05, 3.63) is 29.6 Å². The minimum atomic E-state index is -1.62. The molecule has 19 heavy (non-hydrogen) atoms. The zero-order valence-electron chi connectivity index (χ0n) is 11.6. The van der Waals surface area contributed by atoms with Crippen LogP contribution in [-0.4, -0.2) is 47.2 Å². The van der Waals surface area contributed by atoms with Gasteiger partial charge in [-0.25, -0.2) is 4.39 Å². The summed E-state index contributed by atoms with van der Waals surface area (Å²) in [6.07, 6.45) is 3.14. The summed E-state index contributed by atoms with van der Waals surface area (Å²) in [5.41, 5.74) is 0.752. The summed E-state index contributed by atoms with van der Waals surface area (Å²) in [6, 6.07) is 4.72. The summed E-state index contributed by atoms with van der Waals surface area (Å²) in [6.45, 7) is 2.64. The molecule has 1 unspecified atom stereocenters. The Balaban J connectivity index is 2.66. The van der Waals surface area contributed by atoms with Crippen LogP contribution in [0.1, 0.15) is 18.9 Å². The Morgan fingerprint density at radius 1 is 1.42 bits per heavy atom. The quantitative estimate of drug-likeness (QED) is 0.736. The summed E-state index contributed by atoms with van der Waals surface area (Å²) >= 11 is 1.81. The minimum Gasteiger partial charge on any atom is -0.423 e. The maximum absolute atomic E-state index is 13.8. The maximum atomic E-state index is 13.8. The van der Waals surface area contributed by atoms with E-state index in [9.17, 15) is 4.39 Å². The van der Waals surface area contributed by atoms with E-state index < -0.39 is 12.9 Å². The van der Waals surface area contributed by atoms with E-state index in [-0.39, 0.29) is 5.46 Å². The van der Waals surface area contributed by atoms with E-state index in [4.69, 9.17) is 10.0 Å². The summed E-state index contributed by atoms with van der Waals surface area (Å²) in [4.78, 5) is 2.10. The second kappa shape index (κ2) is 7.90. The highest BCUT2D eigenvalue weighted by molar-refractivity contribution is 7.98. The fourth-order valence-electron chi connectivity index (χ4n) is 1.79. The molecule has 106 valence electrons. The highest BCUT2D eigenvalue weighted by Crippen LogP contribution is 2.12. The summed E-state index contributed by atoms with van der Waals surface area (Å²) < 4.78 is 13.8. The van der Waals surface area contributed by atoms with Crippen molar-refractivity contribution in [1.82, 2.24) is 4.90 Å². The van der Waals surface area contributed by atoms with Crippen molar-refractivity contribution in [3.8, 4) is 0 Å². The predicted octanol–water partition coefficient (Wildman–Crippen LogP) is 1.08. The zero-order valence-corrected chi connectivity index (χ0v) is 12.5. The van der Waals surface area contributed by atoms with Crippen LogP contribution < -0.4 is 5.46 Å². The third kappa shape index (κ3) is 5.14. The molecule has 0 aliphatic rings. The van der Waals surface area contributed by atoms with Crippen molar-refractivity contribution < 1.29 is 14.4 Å². The molecular weight excluding hydrogens is 264 g/mol. The highest BCUT2D eigenvalue weighted by Gasteiger charge is 2.15. The lowest BCUT2D eigenvalue weighted by molar-refractivity contribution is 0.242. The molecule has 0 spiro atoms. The van der Waals surface area contributed by atoms with Crippen molar-refractivity contribution >= 4 is 24.3 Å². The van der Waals surface area contributed by atoms with Crippen molar-refractivity contribution in [2.45, 2.75) is 25.9 Å². The van der Waals surface area contributed by atoms with Gasteiger partial charge in [-0.05, 0) is 43.9 Å². The van der Waals surface area contributed by atoms with E-state index in [0.717, 1.165) is 12.2 Å². The Labute approximate surface area is 119 Å². The third-order valence-electron chi connectivity index (χ3n) is 3.29. The molecule has 2 N–H and O–H groups in total. The van der Waals surface area contributed by atoms with E-state index in [1.165, 1.54) is 6.07 Å². The van der Waals surface area contributed by atoms with Crippen molar-refractivity contribution in [3.63, 3.8) is 0 Å². The molecule has 0 saturated carbocycles. The molecular formula is C13H21BFNO2S. The van der Waals surface area contributed by atoms with Gasteiger partial charge in [0.05, 0.1) is 0 Å². The van der Waals surface area contributed by atoms with Gasteiger partial charge in [-0.1, -0.05) is 12.1 Å². The normalized spacial score (nSPS) is 12.8. The van der Waals surface area contributed by atoms with Gasteiger partial charge in [0, 0.05) is 18.2 Å². The summed E-state index contributed by atoms with van der Waals surface area (Å²) in [5.74, 6) is 0.693. The molecule has 6 heteroatoms. The molecule has 0 bridgehead atoms. The Morgan fingerprint density at radius 2 is 2.11 bits per heavy atom. The van der Waals surface area contributed by atoms with Crippen molar-refractivity contribution in [1.29, 1.82) is 0 Å². The van der Waals surface area contributed by atoms with E-state index in [0.29, 0.717) is 18.2 Å². The molecule has 0 fully saturated rings. The average Bonchev–Trinajstić information content (AvgIpc) is 2.37. The maximum Gasteiger partial charge on any atom is 0.488 e. The largest absolute Gasteiger partial charge is 0.488 e. The molecule has 1 aromatic rings. The Bertz CT molecular complexity index is 406. The van der Waals surface area contributed by atoms with Crippen LogP contribution in [-0.2, 0) is 6.54 Å². The minimum absolute atomic E-state index is 0.180. The van der Waals surface area contributed by atoms with Crippen LogP contribution in [0.5, 0.6) is 0 Å². The van der Waals surface area contributed by atoms with Gasteiger partial charge in [-0.15, -0.1) is 0 Å². The molecule has 1 aromatic carbocycles. The first-order chi connectivity index (χ1) is 8.95. The van der Waals surface area contributed by atoms with Crippen LogP contribution in [0.3, 0.4) is 0 Å². The lowest BCUT2D eigenvalue weighted by Crippen LogP contribution is -2.32. The number of halogens is 1. The van der Waals surface area contributed by atoms with E-state index >= 15 is 0 Å². The fraction of sp³-hybridized carbons (Fsp3) is 0.538. The van der Waals surface area contributed by atoms with Crippen LogP contribution in [0.15, 0.2) is 18.2 Å². The number of rotatable bonds is 7. The van der Waals surface area contributed by atoms with Crippen LogP contribution in [0, 0.1) is 5.82 Å². The lowest BCUT2D eigenvalue weighted by atomic mass is 9.80. The van der Waals surface area contributed by atoms with Gasteiger partial charge < -0.3 is 10.0 Å². The average molecular weight is 285 g/mol. The Kier molecular flexibility index (Phi) is 6.86. The molecule has 1 atom stereocenters. The van der Waals surface area contributed by atoms with Crippen molar-refractivity contribution in [2.24, 2.45) is 0 Å². The smallest absolute Gasteiger partial charge is 0.423 e. The highest BCUT2D eigenvalue weighted by atomic mass is 32.2. The first-order valence-electron chi connectivity index (χ1n) is 6.29. The monoisotopic (exact) mass is 285 g/mol. The topological polar surface area (TPSA) is 43.7 Å². The Hall–Kier alpha value is -0.555. The number of benzene rings is 1. The Morgan fingerprint density at radius 3 is 2.63 bits per heavy atom. The van der Waals surface area contributed by atoms with Crippen molar-refractivity contribution in [2.75, 3.05) is 19.1 Å².